The minimum Gasteiger partial charge on any atom is -0.485 e. The molecule has 56 heavy (non-hydrogen) atoms. The van der Waals surface area contributed by atoms with Crippen LogP contribution >= 0.6 is 15.6 Å². The first-order chi connectivity index (χ1) is 26.4. The number of carbonyl (C=O) groups is 2. The summed E-state index contributed by atoms with van der Waals surface area (Å²) in [7, 11) is -9.33. The maximum absolute atomic E-state index is 13.3. The Bertz CT molecular complexity index is 1870. The van der Waals surface area contributed by atoms with Gasteiger partial charge in [0.25, 0.3) is 0 Å². The van der Waals surface area contributed by atoms with Crippen molar-refractivity contribution in [3.05, 3.63) is 64.5 Å². The van der Waals surface area contributed by atoms with Gasteiger partial charge in [-0.3, -0.25) is 27.7 Å². The monoisotopic (exact) mass is 814 g/mol. The molecule has 0 radical (unpaired) electrons. The Morgan fingerprint density at radius 2 is 1.27 bits per heavy atom. The number of nitrogens with zero attached hydrogens (tertiary/aromatic N) is 4. The van der Waals surface area contributed by atoms with Crippen LogP contribution in [0.3, 0.4) is 0 Å². The largest absolute Gasteiger partial charge is 0.485 e. The molecule has 18 heteroatoms. The Kier molecular flexibility index (Phi) is 12.4. The quantitative estimate of drug-likeness (QED) is 0.106. The highest BCUT2D eigenvalue weighted by atomic mass is 31.2. The van der Waals surface area contributed by atoms with Gasteiger partial charge in [0.15, 0.2) is 5.69 Å². The van der Waals surface area contributed by atoms with Crippen molar-refractivity contribution in [3.63, 3.8) is 0 Å². The van der Waals surface area contributed by atoms with Gasteiger partial charge in [0, 0.05) is 37.1 Å². The lowest BCUT2D eigenvalue weighted by molar-refractivity contribution is -0.139. The van der Waals surface area contributed by atoms with Crippen LogP contribution in [0.2, 0.25) is 0 Å². The summed E-state index contributed by atoms with van der Waals surface area (Å²) in [6.45, 7) is 14.9. The number of rotatable bonds is 15. The van der Waals surface area contributed by atoms with Crippen molar-refractivity contribution in [1.29, 1.82) is 5.26 Å². The van der Waals surface area contributed by atoms with E-state index in [4.69, 9.17) is 34.1 Å². The third-order valence-corrected chi connectivity index (χ3v) is 12.5. The van der Waals surface area contributed by atoms with Gasteiger partial charge in [-0.15, -0.1) is 0 Å². The number of phosphoric ester groups is 2. The minimum absolute atomic E-state index is 0.127. The van der Waals surface area contributed by atoms with E-state index in [1.54, 1.807) is 73.9 Å². The molecule has 0 bridgehead atoms. The van der Waals surface area contributed by atoms with Gasteiger partial charge in [-0.25, -0.2) is 14.0 Å². The number of benzene rings is 2. The smallest absolute Gasteiger partial charge is 0.472 e. The molecule has 2 aromatic carbocycles. The van der Waals surface area contributed by atoms with Gasteiger partial charge in [-0.2, -0.15) is 5.26 Å². The van der Waals surface area contributed by atoms with Crippen molar-refractivity contribution in [2.45, 2.75) is 115 Å². The van der Waals surface area contributed by atoms with Crippen LogP contribution in [0.1, 0.15) is 108 Å². The minimum atomic E-state index is -4.67. The highest BCUT2D eigenvalue weighted by Gasteiger charge is 2.53. The Morgan fingerprint density at radius 1 is 0.804 bits per heavy atom. The zero-order valence-corrected chi connectivity index (χ0v) is 33.7. The molecule has 4 aliphatic heterocycles. The lowest BCUT2D eigenvalue weighted by Crippen LogP contribution is -2.54. The molecule has 6 rings (SSSR count). The molecule has 6 atom stereocenters. The molecule has 0 spiro atoms. The molecule has 2 N–H and O–H groups in total. The standard InChI is InChI=1S/C38H48N4O12P2/c1-37(2)35(33(41-18-10-12-31(41)43)27-22-25(24-39)14-16-29(27)51-37)53-55(45,46)49-20-8-6-7-9-21-50-56(47,48)54-36-34(42-19-11-13-32(42)44)28-23-26(40-5)15-17-30(28)52-38(36,3)4/h14-17,22-23,33-36H,6-13,18-21H2,1-4H3,(H,45,46)(H,47,48)/t33-,34-,35+,36+/m1/s1. The van der Waals surface area contributed by atoms with E-state index in [1.165, 1.54) is 0 Å². The molecule has 2 amide bonds. The molecule has 0 aliphatic carbocycles. The van der Waals surface area contributed by atoms with Crippen molar-refractivity contribution < 1.29 is 56.1 Å². The number of carbonyl (C=O) groups excluding carboxylic acids is 2. The van der Waals surface area contributed by atoms with E-state index in [0.717, 1.165) is 0 Å². The van der Waals surface area contributed by atoms with Crippen LogP contribution in [0.5, 0.6) is 11.5 Å². The number of amides is 2. The summed E-state index contributed by atoms with van der Waals surface area (Å²) >= 11 is 0. The number of nitriles is 1. The molecule has 2 saturated heterocycles. The molecule has 16 nitrogen and oxygen atoms in total. The Hall–Kier alpha value is -3.82. The van der Waals surface area contributed by atoms with Gasteiger partial charge >= 0.3 is 15.6 Å². The summed E-state index contributed by atoms with van der Waals surface area (Å²) in [4.78, 5) is 54.2. The number of unbranched alkanes of at least 4 members (excludes halogenated alkanes) is 3. The van der Waals surface area contributed by atoms with Gasteiger partial charge < -0.3 is 29.1 Å². The number of fused-ring (bicyclic) bond motifs is 2. The average Bonchev–Trinajstić information content (AvgIpc) is 3.76. The van der Waals surface area contributed by atoms with Gasteiger partial charge in [-0.1, -0.05) is 18.9 Å². The van der Waals surface area contributed by atoms with Gasteiger partial charge in [0.1, 0.15) is 34.9 Å². The molecule has 2 unspecified atom stereocenters. The highest BCUT2D eigenvalue weighted by molar-refractivity contribution is 7.47. The number of phosphoric acid groups is 2. The average molecular weight is 815 g/mol. The molecule has 302 valence electrons. The SMILES string of the molecule is [C-]#[N+]c1ccc2c(c1)[C@@H](N1CCCC1=O)[C@H](OP(=O)(O)OCCCCCCOP(=O)(O)O[C@H]1[C@H](N3CCCC3=O)c3cc(C#N)ccc3OC1(C)C)C(C)(C)O2. The third kappa shape index (κ3) is 9.15. The number of hydrogen-bond acceptors (Lipinski definition) is 11. The molecule has 4 heterocycles. The second-order valence-corrected chi connectivity index (χ2v) is 18.3. The van der Waals surface area contributed by atoms with E-state index in [-0.39, 0.29) is 25.0 Å². The van der Waals surface area contributed by atoms with Crippen molar-refractivity contribution >= 4 is 33.1 Å². The molecule has 2 aromatic rings. The zero-order chi connectivity index (χ0) is 40.5. The summed E-state index contributed by atoms with van der Waals surface area (Å²) in [5.74, 6) is 0.659. The van der Waals surface area contributed by atoms with Crippen LogP contribution in [0.15, 0.2) is 36.4 Å². The van der Waals surface area contributed by atoms with Crippen LogP contribution in [0.25, 0.3) is 4.85 Å². The Balaban J connectivity index is 1.00. The fourth-order valence-corrected chi connectivity index (χ4v) is 10.0. The first-order valence-corrected chi connectivity index (χ1v) is 21.8. The Morgan fingerprint density at radius 3 is 1.70 bits per heavy atom. The van der Waals surface area contributed by atoms with Crippen LogP contribution < -0.4 is 9.47 Å². The van der Waals surface area contributed by atoms with E-state index in [1.807, 2.05) is 0 Å². The second-order valence-electron chi connectivity index (χ2n) is 15.5. The lowest BCUT2D eigenvalue weighted by Gasteiger charge is -2.47. The van der Waals surface area contributed by atoms with E-state index < -0.39 is 51.1 Å². The van der Waals surface area contributed by atoms with Crippen molar-refractivity contribution in [3.8, 4) is 17.6 Å². The van der Waals surface area contributed by atoms with E-state index in [2.05, 4.69) is 10.9 Å². The lowest BCUT2D eigenvalue weighted by atomic mass is 9.85. The molecule has 2 fully saturated rings. The van der Waals surface area contributed by atoms with Crippen molar-refractivity contribution in [2.75, 3.05) is 26.3 Å². The maximum atomic E-state index is 13.3. The first kappa shape index (κ1) is 41.8. The van der Waals surface area contributed by atoms with Gasteiger partial charge in [-0.05, 0) is 83.7 Å². The van der Waals surface area contributed by atoms with Crippen LogP contribution in [-0.4, -0.2) is 81.1 Å². The first-order valence-electron chi connectivity index (χ1n) is 18.8. The van der Waals surface area contributed by atoms with Crippen LogP contribution in [0, 0.1) is 17.9 Å². The maximum Gasteiger partial charge on any atom is 0.472 e. The molecular formula is C38H48N4O12P2. The number of hydrogen-bond donors (Lipinski definition) is 2. The second kappa shape index (κ2) is 16.6. The summed E-state index contributed by atoms with van der Waals surface area (Å²) in [6, 6.07) is 10.3. The molecule has 0 saturated carbocycles. The van der Waals surface area contributed by atoms with Crippen molar-refractivity contribution in [2.24, 2.45) is 0 Å². The van der Waals surface area contributed by atoms with Gasteiger partial charge in [0.05, 0.1) is 43.5 Å². The van der Waals surface area contributed by atoms with Gasteiger partial charge in [0.2, 0.25) is 11.8 Å². The topological polar surface area (TPSA) is 199 Å². The molecule has 4 aliphatic rings. The van der Waals surface area contributed by atoms with E-state index in [9.17, 15) is 33.8 Å². The predicted molar refractivity (Wildman–Crippen MR) is 200 cm³/mol. The normalized spacial score (nSPS) is 25.9. The summed E-state index contributed by atoms with van der Waals surface area (Å²) in [6.07, 6.45) is 1.48. The van der Waals surface area contributed by atoms with Crippen LogP contribution in [0.4, 0.5) is 5.69 Å². The molecular weight excluding hydrogens is 766 g/mol. The number of ether oxygens (including phenoxy) is 2. The van der Waals surface area contributed by atoms with Crippen molar-refractivity contribution in [1.82, 2.24) is 9.80 Å². The van der Waals surface area contributed by atoms with Crippen LogP contribution in [-0.2, 0) is 36.8 Å². The summed E-state index contributed by atoms with van der Waals surface area (Å²) in [5, 5.41) is 9.53. The van der Waals surface area contributed by atoms with E-state index in [0.29, 0.717) is 98.3 Å². The fraction of sp³-hybridized carbons (Fsp3) is 0.579. The Labute approximate surface area is 326 Å². The third-order valence-electron chi connectivity index (χ3n) is 10.5. The highest BCUT2D eigenvalue weighted by Crippen LogP contribution is 2.55. The zero-order valence-electron chi connectivity index (χ0n) is 31.9. The predicted octanol–water partition coefficient (Wildman–Crippen LogP) is 7.04. The molecule has 0 aromatic heterocycles. The summed E-state index contributed by atoms with van der Waals surface area (Å²) in [5.41, 5.74) is -0.573. The summed E-state index contributed by atoms with van der Waals surface area (Å²) < 4.78 is 61.2. The number of likely N-dealkylation sites (tertiary alicyclic amines) is 2. The van der Waals surface area contributed by atoms with E-state index >= 15 is 0 Å². The fourth-order valence-electron chi connectivity index (χ4n) is 7.86.